The minimum Gasteiger partial charge on any atom is -0.357 e. The molecular weight excluding hydrogens is 238 g/mol. The van der Waals surface area contributed by atoms with E-state index in [2.05, 4.69) is 10.3 Å². The average Bonchev–Trinajstić information content (AvgIpc) is 2.72. The number of carbonyl (C=O) groups excluding carboxylic acids is 1. The van der Waals surface area contributed by atoms with Crippen LogP contribution in [0.2, 0.25) is 5.15 Å². The van der Waals surface area contributed by atoms with E-state index < -0.39 is 0 Å². The predicted octanol–water partition coefficient (Wildman–Crippen LogP) is 2.00. The minimum atomic E-state index is -0.226. The first kappa shape index (κ1) is 11.7. The molecule has 2 aromatic heterocycles. The predicted molar refractivity (Wildman–Crippen MR) is 65.8 cm³/mol. The van der Waals surface area contributed by atoms with Crippen molar-refractivity contribution < 1.29 is 4.79 Å². The number of rotatable bonds is 3. The second-order valence-electron chi connectivity index (χ2n) is 3.71. The average molecular weight is 250 g/mol. The van der Waals surface area contributed by atoms with Gasteiger partial charge in [-0.2, -0.15) is 0 Å². The number of nitrogens with one attached hydrogen (secondary N) is 1. The fourth-order valence-corrected chi connectivity index (χ4v) is 1.64. The van der Waals surface area contributed by atoms with Gasteiger partial charge in [0.05, 0.1) is 0 Å². The Morgan fingerprint density at radius 2 is 2.29 bits per heavy atom. The summed E-state index contributed by atoms with van der Waals surface area (Å²) in [4.78, 5) is 15.7. The third-order valence-electron chi connectivity index (χ3n) is 2.29. The molecule has 5 heteroatoms. The van der Waals surface area contributed by atoms with Crippen LogP contribution in [0.5, 0.6) is 0 Å². The van der Waals surface area contributed by atoms with Crippen LogP contribution in [0.1, 0.15) is 16.1 Å². The van der Waals surface area contributed by atoms with E-state index in [1.54, 1.807) is 18.2 Å². The summed E-state index contributed by atoms with van der Waals surface area (Å²) in [6, 6.07) is 6.92. The largest absolute Gasteiger partial charge is 0.357 e. The van der Waals surface area contributed by atoms with Gasteiger partial charge in [-0.15, -0.1) is 0 Å². The summed E-state index contributed by atoms with van der Waals surface area (Å²) in [5, 5.41) is 3.10. The summed E-state index contributed by atoms with van der Waals surface area (Å²) in [5.41, 5.74) is 1.37. The molecule has 0 atom stereocenters. The fourth-order valence-electron chi connectivity index (χ4n) is 1.47. The summed E-state index contributed by atoms with van der Waals surface area (Å²) in [7, 11) is 1.93. The van der Waals surface area contributed by atoms with Crippen LogP contribution in [0.4, 0.5) is 0 Å². The van der Waals surface area contributed by atoms with Gasteiger partial charge in [0.25, 0.3) is 5.91 Å². The van der Waals surface area contributed by atoms with E-state index in [-0.39, 0.29) is 5.91 Å². The zero-order valence-electron chi connectivity index (χ0n) is 9.35. The molecule has 0 saturated heterocycles. The van der Waals surface area contributed by atoms with Gasteiger partial charge in [-0.3, -0.25) is 4.79 Å². The smallest absolute Gasteiger partial charge is 0.270 e. The van der Waals surface area contributed by atoms with Gasteiger partial charge in [-0.05, 0) is 23.8 Å². The van der Waals surface area contributed by atoms with Gasteiger partial charge in [0, 0.05) is 26.0 Å². The van der Waals surface area contributed by atoms with Crippen molar-refractivity contribution in [1.29, 1.82) is 0 Å². The third-order valence-corrected chi connectivity index (χ3v) is 2.50. The van der Waals surface area contributed by atoms with Crippen LogP contribution >= 0.6 is 11.6 Å². The van der Waals surface area contributed by atoms with Gasteiger partial charge in [0.15, 0.2) is 0 Å². The molecule has 2 rings (SSSR count). The summed E-state index contributed by atoms with van der Waals surface area (Å²) in [6.07, 6.45) is 3.88. The highest BCUT2D eigenvalue weighted by Crippen LogP contribution is 2.05. The highest BCUT2D eigenvalue weighted by atomic mass is 35.5. The first-order valence-corrected chi connectivity index (χ1v) is 5.54. The Bertz CT molecular complexity index is 536. The van der Waals surface area contributed by atoms with Gasteiger partial charge < -0.3 is 9.88 Å². The summed E-state index contributed by atoms with van der Waals surface area (Å²) < 4.78 is 1.93. The van der Waals surface area contributed by atoms with Crippen molar-refractivity contribution in [2.45, 2.75) is 6.54 Å². The number of carbonyl (C=O) groups is 1. The van der Waals surface area contributed by atoms with Gasteiger partial charge in [-0.1, -0.05) is 17.7 Å². The molecule has 4 nitrogen and oxygen atoms in total. The Morgan fingerprint density at radius 1 is 1.47 bits per heavy atom. The Kier molecular flexibility index (Phi) is 3.44. The lowest BCUT2D eigenvalue weighted by molar-refractivity contribution is 0.0946. The normalized spacial score (nSPS) is 10.2. The van der Waals surface area contributed by atoms with E-state index in [1.807, 2.05) is 30.1 Å². The number of halogens is 1. The number of hydrogen-bond donors (Lipinski definition) is 1. The number of amides is 1. The molecule has 0 aromatic carbocycles. The van der Waals surface area contributed by atoms with E-state index in [9.17, 15) is 4.79 Å². The van der Waals surface area contributed by atoms with Gasteiger partial charge in [0.2, 0.25) is 0 Å². The van der Waals surface area contributed by atoms with Crippen molar-refractivity contribution in [3.05, 3.63) is 53.1 Å². The highest BCUT2D eigenvalue weighted by molar-refractivity contribution is 6.29. The zero-order chi connectivity index (χ0) is 12.3. The fraction of sp³-hybridized carbons (Fsp3) is 0.167. The maximum absolute atomic E-state index is 11.7. The molecule has 0 aliphatic heterocycles. The molecule has 0 unspecified atom stereocenters. The molecule has 0 saturated carbocycles. The van der Waals surface area contributed by atoms with E-state index in [0.717, 1.165) is 5.56 Å². The summed E-state index contributed by atoms with van der Waals surface area (Å²) in [5.74, 6) is -0.226. The van der Waals surface area contributed by atoms with Crippen LogP contribution in [0.3, 0.4) is 0 Å². The van der Waals surface area contributed by atoms with Crippen molar-refractivity contribution in [2.24, 2.45) is 7.05 Å². The second-order valence-corrected chi connectivity index (χ2v) is 4.10. The maximum atomic E-state index is 11.7. The number of hydrogen-bond acceptors (Lipinski definition) is 2. The zero-order valence-corrected chi connectivity index (χ0v) is 10.1. The van der Waals surface area contributed by atoms with Crippen LogP contribution in [-0.4, -0.2) is 15.5 Å². The molecule has 1 amide bonds. The standard InChI is InChI=1S/C12H12ClN3O/c1-16-6-5-9(8-16)7-14-12(17)10-3-2-4-11(13)15-10/h2-6,8H,7H2,1H3,(H,14,17). The number of aryl methyl sites for hydroxylation is 1. The van der Waals surface area contributed by atoms with E-state index in [0.29, 0.717) is 17.4 Å². The van der Waals surface area contributed by atoms with Crippen LogP contribution < -0.4 is 5.32 Å². The molecule has 0 radical (unpaired) electrons. The number of pyridine rings is 1. The van der Waals surface area contributed by atoms with Crippen LogP contribution in [-0.2, 0) is 13.6 Å². The van der Waals surface area contributed by atoms with Crippen molar-refractivity contribution in [3.63, 3.8) is 0 Å². The second kappa shape index (κ2) is 5.01. The quantitative estimate of drug-likeness (QED) is 0.846. The van der Waals surface area contributed by atoms with E-state index in [1.165, 1.54) is 0 Å². The monoisotopic (exact) mass is 249 g/mol. The molecule has 0 aliphatic carbocycles. The molecule has 0 bridgehead atoms. The van der Waals surface area contributed by atoms with Gasteiger partial charge in [0.1, 0.15) is 10.8 Å². The molecule has 0 aliphatic rings. The molecule has 1 N–H and O–H groups in total. The Labute approximate surface area is 104 Å². The Hall–Kier alpha value is -1.81. The molecule has 0 fully saturated rings. The molecule has 17 heavy (non-hydrogen) atoms. The lowest BCUT2D eigenvalue weighted by Gasteiger charge is -2.03. The third kappa shape index (κ3) is 3.07. The summed E-state index contributed by atoms with van der Waals surface area (Å²) in [6.45, 7) is 0.480. The van der Waals surface area contributed by atoms with E-state index in [4.69, 9.17) is 11.6 Å². The lowest BCUT2D eigenvalue weighted by atomic mass is 10.3. The molecular formula is C12H12ClN3O. The first-order valence-electron chi connectivity index (χ1n) is 5.17. The number of aromatic nitrogens is 2. The van der Waals surface area contributed by atoms with E-state index >= 15 is 0 Å². The van der Waals surface area contributed by atoms with Crippen LogP contribution in [0.15, 0.2) is 36.7 Å². The van der Waals surface area contributed by atoms with Crippen LogP contribution in [0.25, 0.3) is 0 Å². The Balaban J connectivity index is 1.98. The van der Waals surface area contributed by atoms with Crippen molar-refractivity contribution in [2.75, 3.05) is 0 Å². The molecule has 0 spiro atoms. The molecule has 2 aromatic rings. The highest BCUT2D eigenvalue weighted by Gasteiger charge is 2.07. The molecule has 88 valence electrons. The lowest BCUT2D eigenvalue weighted by Crippen LogP contribution is -2.23. The Morgan fingerprint density at radius 3 is 2.94 bits per heavy atom. The maximum Gasteiger partial charge on any atom is 0.270 e. The number of nitrogens with zero attached hydrogens (tertiary/aromatic N) is 2. The van der Waals surface area contributed by atoms with Crippen molar-refractivity contribution >= 4 is 17.5 Å². The summed E-state index contributed by atoms with van der Waals surface area (Å²) >= 11 is 5.71. The van der Waals surface area contributed by atoms with Crippen LogP contribution in [0, 0.1) is 0 Å². The molecule has 2 heterocycles. The minimum absolute atomic E-state index is 0.226. The SMILES string of the molecule is Cn1ccc(CNC(=O)c2cccc(Cl)n2)c1. The first-order chi connectivity index (χ1) is 8.15. The topological polar surface area (TPSA) is 46.9 Å². The van der Waals surface area contributed by atoms with Crippen molar-refractivity contribution in [3.8, 4) is 0 Å². The van der Waals surface area contributed by atoms with Crippen molar-refractivity contribution in [1.82, 2.24) is 14.9 Å². The van der Waals surface area contributed by atoms with Gasteiger partial charge in [-0.25, -0.2) is 4.98 Å². The van der Waals surface area contributed by atoms with Gasteiger partial charge >= 0.3 is 0 Å².